The van der Waals surface area contributed by atoms with Gasteiger partial charge in [-0.1, -0.05) is 48.5 Å². The van der Waals surface area contributed by atoms with Crippen molar-refractivity contribution in [1.29, 1.82) is 0 Å². The maximum Gasteiger partial charge on any atom is 0.317 e. The van der Waals surface area contributed by atoms with Crippen molar-refractivity contribution < 1.29 is 4.79 Å². The molecular formula is C21H23N3O. The monoisotopic (exact) mass is 333 g/mol. The number of aromatic amines is 1. The van der Waals surface area contributed by atoms with Crippen molar-refractivity contribution in [3.8, 4) is 0 Å². The van der Waals surface area contributed by atoms with Gasteiger partial charge in [0.15, 0.2) is 0 Å². The summed E-state index contributed by atoms with van der Waals surface area (Å²) in [6.45, 7) is 2.12. The molecule has 2 amide bonds. The number of urea groups is 1. The number of fused-ring (bicyclic) bond motifs is 3. The number of hydrogen-bond donors (Lipinski definition) is 2. The Labute approximate surface area is 147 Å². The second kappa shape index (κ2) is 7.01. The summed E-state index contributed by atoms with van der Waals surface area (Å²) < 4.78 is 0. The fourth-order valence-corrected chi connectivity index (χ4v) is 3.64. The molecule has 0 bridgehead atoms. The molecule has 3 aromatic rings. The fraction of sp³-hybridized carbons (Fsp3) is 0.286. The number of aryl methyl sites for hydroxylation is 1. The number of amides is 2. The van der Waals surface area contributed by atoms with Gasteiger partial charge in [-0.3, -0.25) is 0 Å². The van der Waals surface area contributed by atoms with Crippen molar-refractivity contribution in [1.82, 2.24) is 15.2 Å². The number of benzene rings is 2. The van der Waals surface area contributed by atoms with Crippen LogP contribution in [-0.2, 0) is 19.4 Å². The lowest BCUT2D eigenvalue weighted by molar-refractivity contribution is 0.195. The number of para-hydroxylation sites is 1. The minimum atomic E-state index is 0.0300. The number of nitrogens with zero attached hydrogens (tertiary/aromatic N) is 1. The summed E-state index contributed by atoms with van der Waals surface area (Å²) in [5.41, 5.74) is 4.96. The first-order chi connectivity index (χ1) is 12.3. The third-order valence-electron chi connectivity index (χ3n) is 4.93. The van der Waals surface area contributed by atoms with Gasteiger partial charge in [-0.15, -0.1) is 0 Å². The van der Waals surface area contributed by atoms with E-state index in [-0.39, 0.29) is 6.03 Å². The molecule has 0 saturated carbocycles. The predicted octanol–water partition coefficient (Wildman–Crippen LogP) is 3.87. The van der Waals surface area contributed by atoms with E-state index >= 15 is 0 Å². The van der Waals surface area contributed by atoms with Gasteiger partial charge in [0, 0.05) is 29.7 Å². The molecule has 4 rings (SSSR count). The summed E-state index contributed by atoms with van der Waals surface area (Å²) in [7, 11) is 0. The van der Waals surface area contributed by atoms with Gasteiger partial charge >= 0.3 is 6.03 Å². The molecule has 0 radical (unpaired) electrons. The molecule has 1 aromatic heterocycles. The van der Waals surface area contributed by atoms with Crippen LogP contribution < -0.4 is 5.32 Å². The molecule has 128 valence electrons. The van der Waals surface area contributed by atoms with E-state index < -0.39 is 0 Å². The highest BCUT2D eigenvalue weighted by Gasteiger charge is 2.21. The van der Waals surface area contributed by atoms with Crippen molar-refractivity contribution >= 4 is 16.9 Å². The lowest BCUT2D eigenvalue weighted by Gasteiger charge is -2.21. The van der Waals surface area contributed by atoms with Crippen LogP contribution in [0.25, 0.3) is 10.9 Å². The van der Waals surface area contributed by atoms with Crippen molar-refractivity contribution in [2.24, 2.45) is 0 Å². The maximum atomic E-state index is 12.6. The molecule has 0 spiro atoms. The molecule has 2 N–H and O–H groups in total. The van der Waals surface area contributed by atoms with E-state index in [1.165, 1.54) is 27.7 Å². The van der Waals surface area contributed by atoms with Crippen LogP contribution in [0.3, 0.4) is 0 Å². The van der Waals surface area contributed by atoms with Crippen LogP contribution >= 0.6 is 0 Å². The van der Waals surface area contributed by atoms with Crippen molar-refractivity contribution in [3.63, 3.8) is 0 Å². The van der Waals surface area contributed by atoms with E-state index in [4.69, 9.17) is 0 Å². The quantitative estimate of drug-likeness (QED) is 0.751. The lowest BCUT2D eigenvalue weighted by atomic mass is 10.1. The zero-order valence-corrected chi connectivity index (χ0v) is 14.3. The van der Waals surface area contributed by atoms with Gasteiger partial charge in [-0.05, 0) is 36.5 Å². The molecule has 1 aliphatic heterocycles. The number of nitrogens with one attached hydrogen (secondary N) is 2. The molecule has 25 heavy (non-hydrogen) atoms. The molecular weight excluding hydrogens is 310 g/mol. The van der Waals surface area contributed by atoms with Gasteiger partial charge < -0.3 is 15.2 Å². The molecule has 0 atom stereocenters. The Bertz CT molecular complexity index is 869. The van der Waals surface area contributed by atoms with Crippen molar-refractivity contribution in [3.05, 3.63) is 71.4 Å². The number of H-pyrrole nitrogens is 1. The highest BCUT2D eigenvalue weighted by Crippen LogP contribution is 2.27. The van der Waals surface area contributed by atoms with E-state index in [2.05, 4.69) is 40.6 Å². The molecule has 0 aliphatic carbocycles. The van der Waals surface area contributed by atoms with Crippen LogP contribution in [-0.4, -0.2) is 29.0 Å². The molecule has 0 saturated heterocycles. The average Bonchev–Trinajstić information content (AvgIpc) is 2.85. The Morgan fingerprint density at radius 2 is 1.88 bits per heavy atom. The molecule has 2 aromatic carbocycles. The first-order valence-corrected chi connectivity index (χ1v) is 8.96. The number of hydrogen-bond acceptors (Lipinski definition) is 1. The number of carbonyl (C=O) groups excluding carboxylic acids is 1. The van der Waals surface area contributed by atoms with Crippen molar-refractivity contribution in [2.45, 2.75) is 25.8 Å². The van der Waals surface area contributed by atoms with Crippen LogP contribution in [0.4, 0.5) is 4.79 Å². The molecule has 0 unspecified atom stereocenters. The Balaban J connectivity index is 1.41. The average molecular weight is 333 g/mol. The third-order valence-corrected chi connectivity index (χ3v) is 4.93. The molecule has 2 heterocycles. The Hall–Kier alpha value is -2.75. The van der Waals surface area contributed by atoms with E-state index in [0.717, 1.165) is 25.8 Å². The van der Waals surface area contributed by atoms with E-state index in [1.807, 2.05) is 29.2 Å². The topological polar surface area (TPSA) is 48.1 Å². The zero-order valence-electron chi connectivity index (χ0n) is 14.3. The largest absolute Gasteiger partial charge is 0.357 e. The van der Waals surface area contributed by atoms with E-state index in [1.54, 1.807) is 0 Å². The second-order valence-electron chi connectivity index (χ2n) is 6.62. The normalized spacial score (nSPS) is 14.2. The highest BCUT2D eigenvalue weighted by molar-refractivity contribution is 5.85. The summed E-state index contributed by atoms with van der Waals surface area (Å²) in [6.07, 6.45) is 2.88. The smallest absolute Gasteiger partial charge is 0.317 e. The van der Waals surface area contributed by atoms with Crippen LogP contribution in [0.5, 0.6) is 0 Å². The fourth-order valence-electron chi connectivity index (χ4n) is 3.64. The van der Waals surface area contributed by atoms with Crippen molar-refractivity contribution in [2.75, 3.05) is 13.1 Å². The van der Waals surface area contributed by atoms with Gasteiger partial charge in [0.1, 0.15) is 0 Å². The van der Waals surface area contributed by atoms with Gasteiger partial charge in [-0.2, -0.15) is 0 Å². The van der Waals surface area contributed by atoms with E-state index in [0.29, 0.717) is 13.1 Å². The van der Waals surface area contributed by atoms with Gasteiger partial charge in [0.25, 0.3) is 0 Å². The Kier molecular flexibility index (Phi) is 4.42. The summed E-state index contributed by atoms with van der Waals surface area (Å²) in [6, 6.07) is 18.7. The van der Waals surface area contributed by atoms with Gasteiger partial charge in [-0.25, -0.2) is 4.79 Å². The van der Waals surface area contributed by atoms with Gasteiger partial charge in [0.05, 0.1) is 6.54 Å². The standard InChI is InChI=1S/C21H23N3O/c25-21(22-13-12-16-7-2-1-3-8-16)24-14-6-10-18-17-9-4-5-11-19(17)23-20(18)15-24/h1-5,7-9,11,23H,6,10,12-15H2,(H,22,25). The first kappa shape index (κ1) is 15.8. The first-order valence-electron chi connectivity index (χ1n) is 8.96. The summed E-state index contributed by atoms with van der Waals surface area (Å²) in [5.74, 6) is 0. The lowest BCUT2D eigenvalue weighted by Crippen LogP contribution is -2.40. The van der Waals surface area contributed by atoms with Crippen LogP contribution in [0.15, 0.2) is 54.6 Å². The van der Waals surface area contributed by atoms with Crippen LogP contribution in [0.2, 0.25) is 0 Å². The summed E-state index contributed by atoms with van der Waals surface area (Å²) >= 11 is 0. The minimum Gasteiger partial charge on any atom is -0.357 e. The van der Waals surface area contributed by atoms with Gasteiger partial charge in [0.2, 0.25) is 0 Å². The number of rotatable bonds is 3. The Morgan fingerprint density at radius 3 is 2.76 bits per heavy atom. The van der Waals surface area contributed by atoms with E-state index in [9.17, 15) is 4.79 Å². The molecule has 4 nitrogen and oxygen atoms in total. The number of aromatic nitrogens is 1. The second-order valence-corrected chi connectivity index (χ2v) is 6.62. The Morgan fingerprint density at radius 1 is 1.08 bits per heavy atom. The van der Waals surface area contributed by atoms with Crippen LogP contribution in [0, 0.1) is 0 Å². The molecule has 0 fully saturated rings. The number of carbonyl (C=O) groups is 1. The SMILES string of the molecule is O=C(NCCc1ccccc1)N1CCCc2c([nH]c3ccccc23)C1. The zero-order chi connectivity index (χ0) is 17.1. The predicted molar refractivity (Wildman–Crippen MR) is 101 cm³/mol. The molecule has 4 heteroatoms. The third kappa shape index (κ3) is 3.38. The maximum absolute atomic E-state index is 12.6. The highest BCUT2D eigenvalue weighted by atomic mass is 16.2. The summed E-state index contributed by atoms with van der Waals surface area (Å²) in [4.78, 5) is 18.0. The molecule has 1 aliphatic rings. The minimum absolute atomic E-state index is 0.0300. The van der Waals surface area contributed by atoms with Crippen LogP contribution in [0.1, 0.15) is 23.2 Å². The summed E-state index contributed by atoms with van der Waals surface area (Å²) in [5, 5.41) is 4.36.